The van der Waals surface area contributed by atoms with E-state index in [2.05, 4.69) is 5.32 Å². The topological polar surface area (TPSA) is 60.0 Å². The molecule has 1 saturated heterocycles. The van der Waals surface area contributed by atoms with Crippen LogP contribution in [0.4, 0.5) is 10.5 Å². The first-order valence-corrected chi connectivity index (χ1v) is 9.68. The van der Waals surface area contributed by atoms with E-state index in [1.54, 1.807) is 33.1 Å². The lowest BCUT2D eigenvalue weighted by atomic mass is 10.1. The summed E-state index contributed by atoms with van der Waals surface area (Å²) in [6.45, 7) is 2.61. The van der Waals surface area contributed by atoms with Gasteiger partial charge in [0.25, 0.3) is 0 Å². The first-order chi connectivity index (χ1) is 13.1. The van der Waals surface area contributed by atoms with Crippen LogP contribution in [0.2, 0.25) is 0 Å². The largest absolute Gasteiger partial charge is 0.497 e. The highest BCUT2D eigenvalue weighted by Crippen LogP contribution is 2.43. The fraction of sp³-hybridized carbons (Fsp3) is 0.350. The molecule has 6 nitrogen and oxygen atoms in total. The SMILES string of the molecule is COc1ccc(NC(=O)N2CCSC2c2cc(OC)ccc2OC)c(C)c1. The first kappa shape index (κ1) is 19.2. The van der Waals surface area contributed by atoms with E-state index in [0.29, 0.717) is 6.54 Å². The third-order valence-corrected chi connectivity index (χ3v) is 5.77. The molecular weight excluding hydrogens is 364 g/mol. The molecule has 2 amide bonds. The van der Waals surface area contributed by atoms with Crippen LogP contribution >= 0.6 is 11.8 Å². The number of hydrogen-bond acceptors (Lipinski definition) is 5. The summed E-state index contributed by atoms with van der Waals surface area (Å²) >= 11 is 1.71. The van der Waals surface area contributed by atoms with Crippen molar-refractivity contribution < 1.29 is 19.0 Å². The van der Waals surface area contributed by atoms with Crippen molar-refractivity contribution in [1.29, 1.82) is 0 Å². The lowest BCUT2D eigenvalue weighted by Gasteiger charge is -2.26. The molecule has 2 aromatic rings. The fourth-order valence-electron chi connectivity index (χ4n) is 3.06. The van der Waals surface area contributed by atoms with Crippen molar-refractivity contribution in [2.75, 3.05) is 38.9 Å². The standard InChI is InChI=1S/C20H24N2O4S/c1-13-11-14(24-2)5-7-17(13)21-20(23)22-9-10-27-19(22)16-12-15(25-3)6-8-18(16)26-4/h5-8,11-12,19H,9-10H2,1-4H3,(H,21,23). The number of aryl methyl sites for hydroxylation is 1. The Labute approximate surface area is 163 Å². The van der Waals surface area contributed by atoms with Gasteiger partial charge < -0.3 is 24.4 Å². The maximum absolute atomic E-state index is 13.0. The second-order valence-corrected chi connectivity index (χ2v) is 7.32. The van der Waals surface area contributed by atoms with E-state index in [0.717, 1.165) is 39.8 Å². The normalized spacial score (nSPS) is 16.1. The number of methoxy groups -OCH3 is 3. The Kier molecular flexibility index (Phi) is 6.01. The third-order valence-electron chi connectivity index (χ3n) is 4.53. The van der Waals surface area contributed by atoms with E-state index in [-0.39, 0.29) is 11.4 Å². The Balaban J connectivity index is 1.83. The molecule has 3 rings (SSSR count). The minimum absolute atomic E-state index is 0.131. The number of anilines is 1. The van der Waals surface area contributed by atoms with Gasteiger partial charge in [-0.2, -0.15) is 0 Å². The van der Waals surface area contributed by atoms with E-state index in [1.165, 1.54) is 0 Å². The summed E-state index contributed by atoms with van der Waals surface area (Å²) in [6.07, 6.45) is 0. The molecule has 2 aromatic carbocycles. The maximum Gasteiger partial charge on any atom is 0.323 e. The monoisotopic (exact) mass is 388 g/mol. The molecule has 0 radical (unpaired) electrons. The van der Waals surface area contributed by atoms with Crippen LogP contribution in [0.3, 0.4) is 0 Å². The van der Waals surface area contributed by atoms with Crippen LogP contribution in [0.25, 0.3) is 0 Å². The van der Waals surface area contributed by atoms with Crippen molar-refractivity contribution >= 4 is 23.5 Å². The van der Waals surface area contributed by atoms with Crippen LogP contribution in [0.1, 0.15) is 16.5 Å². The molecule has 7 heteroatoms. The van der Waals surface area contributed by atoms with Crippen molar-refractivity contribution in [3.05, 3.63) is 47.5 Å². The fourth-order valence-corrected chi connectivity index (χ4v) is 4.33. The molecule has 1 aliphatic rings. The van der Waals surface area contributed by atoms with Crippen molar-refractivity contribution in [3.63, 3.8) is 0 Å². The number of hydrogen-bond donors (Lipinski definition) is 1. The number of carbonyl (C=O) groups excluding carboxylic acids is 1. The van der Waals surface area contributed by atoms with Gasteiger partial charge in [0.2, 0.25) is 0 Å². The Morgan fingerprint density at radius 3 is 2.44 bits per heavy atom. The zero-order valence-corrected chi connectivity index (χ0v) is 16.8. The number of benzene rings is 2. The predicted octanol–water partition coefficient (Wildman–Crippen LogP) is 4.30. The molecule has 1 fully saturated rings. The lowest BCUT2D eigenvalue weighted by Crippen LogP contribution is -2.34. The summed E-state index contributed by atoms with van der Waals surface area (Å²) in [4.78, 5) is 14.8. The summed E-state index contributed by atoms with van der Waals surface area (Å²) in [5.74, 6) is 3.11. The number of carbonyl (C=O) groups is 1. The number of urea groups is 1. The average Bonchev–Trinajstić information content (AvgIpc) is 3.18. The quantitative estimate of drug-likeness (QED) is 0.827. The molecule has 27 heavy (non-hydrogen) atoms. The molecule has 1 heterocycles. The van der Waals surface area contributed by atoms with Gasteiger partial charge in [0.1, 0.15) is 22.6 Å². The smallest absolute Gasteiger partial charge is 0.323 e. The number of nitrogens with one attached hydrogen (secondary N) is 1. The van der Waals surface area contributed by atoms with Crippen LogP contribution in [-0.2, 0) is 0 Å². The molecule has 1 N–H and O–H groups in total. The highest BCUT2D eigenvalue weighted by Gasteiger charge is 2.33. The molecule has 0 aliphatic carbocycles. The minimum Gasteiger partial charge on any atom is -0.497 e. The van der Waals surface area contributed by atoms with Crippen molar-refractivity contribution in [3.8, 4) is 17.2 Å². The van der Waals surface area contributed by atoms with Crippen molar-refractivity contribution in [1.82, 2.24) is 4.90 Å². The van der Waals surface area contributed by atoms with E-state index in [1.807, 2.05) is 48.2 Å². The van der Waals surface area contributed by atoms with Crippen molar-refractivity contribution in [2.24, 2.45) is 0 Å². The van der Waals surface area contributed by atoms with E-state index >= 15 is 0 Å². The van der Waals surface area contributed by atoms with Crippen LogP contribution in [-0.4, -0.2) is 44.6 Å². The van der Waals surface area contributed by atoms with Crippen LogP contribution in [0.5, 0.6) is 17.2 Å². The average molecular weight is 388 g/mol. The number of nitrogens with zero attached hydrogens (tertiary/aromatic N) is 1. The Bertz CT molecular complexity index is 828. The zero-order valence-electron chi connectivity index (χ0n) is 15.9. The Morgan fingerprint density at radius 1 is 1.07 bits per heavy atom. The van der Waals surface area contributed by atoms with Gasteiger partial charge in [-0.05, 0) is 48.9 Å². The zero-order chi connectivity index (χ0) is 19.4. The summed E-state index contributed by atoms with van der Waals surface area (Å²) in [5.41, 5.74) is 2.65. The maximum atomic E-state index is 13.0. The van der Waals surface area contributed by atoms with Gasteiger partial charge >= 0.3 is 6.03 Å². The van der Waals surface area contributed by atoms with E-state index in [4.69, 9.17) is 14.2 Å². The lowest BCUT2D eigenvalue weighted by molar-refractivity contribution is 0.213. The van der Waals surface area contributed by atoms with Gasteiger partial charge in [0.15, 0.2) is 0 Å². The summed E-state index contributed by atoms with van der Waals surface area (Å²) in [5, 5.41) is 2.88. The highest BCUT2D eigenvalue weighted by molar-refractivity contribution is 7.99. The van der Waals surface area contributed by atoms with E-state index < -0.39 is 0 Å². The van der Waals surface area contributed by atoms with Gasteiger partial charge in [-0.25, -0.2) is 4.79 Å². The van der Waals surface area contributed by atoms with Gasteiger partial charge in [-0.15, -0.1) is 11.8 Å². The summed E-state index contributed by atoms with van der Waals surface area (Å²) < 4.78 is 16.1. The molecule has 0 bridgehead atoms. The molecular formula is C20H24N2O4S. The molecule has 0 aromatic heterocycles. The molecule has 1 aliphatic heterocycles. The summed E-state index contributed by atoms with van der Waals surface area (Å²) in [7, 11) is 4.89. The predicted molar refractivity (Wildman–Crippen MR) is 108 cm³/mol. The van der Waals surface area contributed by atoms with Gasteiger partial charge in [0.05, 0.1) is 21.3 Å². The second-order valence-electron chi connectivity index (χ2n) is 6.14. The van der Waals surface area contributed by atoms with Crippen LogP contribution < -0.4 is 19.5 Å². The molecule has 144 valence electrons. The molecule has 1 unspecified atom stereocenters. The summed E-state index contributed by atoms with van der Waals surface area (Å²) in [6, 6.07) is 11.1. The molecule has 0 spiro atoms. The second kappa shape index (κ2) is 8.43. The van der Waals surface area contributed by atoms with Crippen molar-refractivity contribution in [2.45, 2.75) is 12.3 Å². The number of thioether (sulfide) groups is 1. The molecule has 0 saturated carbocycles. The van der Waals surface area contributed by atoms with Crippen LogP contribution in [0.15, 0.2) is 36.4 Å². The number of ether oxygens (including phenoxy) is 3. The Morgan fingerprint density at radius 2 is 1.78 bits per heavy atom. The number of amides is 2. The first-order valence-electron chi connectivity index (χ1n) is 8.63. The third kappa shape index (κ3) is 4.08. The van der Waals surface area contributed by atoms with Crippen LogP contribution in [0, 0.1) is 6.92 Å². The van der Waals surface area contributed by atoms with Gasteiger partial charge in [-0.3, -0.25) is 0 Å². The minimum atomic E-state index is -0.136. The Hall–Kier alpha value is -2.54. The molecule has 1 atom stereocenters. The van der Waals surface area contributed by atoms with Gasteiger partial charge in [-0.1, -0.05) is 0 Å². The van der Waals surface area contributed by atoms with E-state index in [9.17, 15) is 4.79 Å². The van der Waals surface area contributed by atoms with Gasteiger partial charge in [0, 0.05) is 23.5 Å². The number of rotatable bonds is 5. The highest BCUT2D eigenvalue weighted by atomic mass is 32.2.